The van der Waals surface area contributed by atoms with E-state index in [2.05, 4.69) is 10.5 Å². The largest absolute Gasteiger partial charge is 0.356 e. The van der Waals surface area contributed by atoms with Crippen LogP contribution < -0.4 is 10.2 Å². The maximum absolute atomic E-state index is 13.2. The minimum absolute atomic E-state index is 0.117. The molecule has 2 amide bonds. The van der Waals surface area contributed by atoms with Crippen molar-refractivity contribution in [1.29, 1.82) is 0 Å². The lowest BCUT2D eigenvalue weighted by Gasteiger charge is -2.18. The quantitative estimate of drug-likeness (QED) is 0.552. The first kappa shape index (κ1) is 22.3. The molecule has 9 heteroatoms. The van der Waals surface area contributed by atoms with Crippen LogP contribution in [0.4, 0.5) is 11.4 Å². The van der Waals surface area contributed by atoms with Crippen molar-refractivity contribution in [2.75, 3.05) is 16.8 Å². The summed E-state index contributed by atoms with van der Waals surface area (Å²) in [5, 5.41) is 5.52. The average Bonchev–Trinajstić information content (AvgIpc) is 3.36. The fraction of sp³-hybridized carbons (Fsp3) is 0.320. The van der Waals surface area contributed by atoms with Gasteiger partial charge in [-0.1, -0.05) is 5.16 Å². The van der Waals surface area contributed by atoms with Crippen molar-refractivity contribution in [2.24, 2.45) is 5.92 Å². The zero-order valence-electron chi connectivity index (χ0n) is 18.7. The summed E-state index contributed by atoms with van der Waals surface area (Å²) in [6, 6.07) is 13.7. The highest BCUT2D eigenvalue weighted by atomic mass is 32.2. The molecule has 8 nitrogen and oxygen atoms in total. The Kier molecular flexibility index (Phi) is 5.73. The van der Waals surface area contributed by atoms with E-state index in [1.807, 2.05) is 0 Å². The van der Waals surface area contributed by atoms with Crippen LogP contribution in [0.1, 0.15) is 31.7 Å². The Balaban J connectivity index is 1.24. The predicted octanol–water partition coefficient (Wildman–Crippen LogP) is 3.83. The summed E-state index contributed by atoms with van der Waals surface area (Å²) < 4.78 is 31.4. The average molecular weight is 480 g/mol. The Labute approximate surface area is 197 Å². The first-order valence-electron chi connectivity index (χ1n) is 11.3. The number of sulfone groups is 1. The van der Waals surface area contributed by atoms with Gasteiger partial charge < -0.3 is 14.7 Å². The Morgan fingerprint density at radius 3 is 2.59 bits per heavy atom. The summed E-state index contributed by atoms with van der Waals surface area (Å²) in [6.45, 7) is 2.12. The van der Waals surface area contributed by atoms with Gasteiger partial charge in [0.1, 0.15) is 0 Å². The lowest BCUT2D eigenvalue weighted by Crippen LogP contribution is -2.30. The predicted molar refractivity (Wildman–Crippen MR) is 127 cm³/mol. The van der Waals surface area contributed by atoms with Gasteiger partial charge in [0.25, 0.3) is 0 Å². The van der Waals surface area contributed by atoms with Crippen LogP contribution in [0.5, 0.6) is 0 Å². The number of hydrogen-bond acceptors (Lipinski definition) is 6. The molecule has 0 spiro atoms. The van der Waals surface area contributed by atoms with E-state index in [1.165, 1.54) is 6.92 Å². The minimum atomic E-state index is -3.71. The van der Waals surface area contributed by atoms with Crippen molar-refractivity contribution in [3.63, 3.8) is 0 Å². The lowest BCUT2D eigenvalue weighted by atomic mass is 10.1. The van der Waals surface area contributed by atoms with E-state index in [1.54, 1.807) is 59.6 Å². The van der Waals surface area contributed by atoms with Crippen LogP contribution in [0.2, 0.25) is 0 Å². The van der Waals surface area contributed by atoms with Crippen LogP contribution in [0.15, 0.2) is 64.1 Å². The molecule has 1 aliphatic carbocycles. The molecule has 0 bridgehead atoms. The van der Waals surface area contributed by atoms with Crippen molar-refractivity contribution in [2.45, 2.75) is 42.8 Å². The van der Waals surface area contributed by atoms with Crippen LogP contribution in [0, 0.1) is 5.92 Å². The smallest absolute Gasteiger partial charge is 0.230 e. The summed E-state index contributed by atoms with van der Waals surface area (Å²) in [5.41, 5.74) is 3.05. The van der Waals surface area contributed by atoms with Crippen molar-refractivity contribution in [3.8, 4) is 11.3 Å². The first-order valence-corrected chi connectivity index (χ1v) is 12.9. The number of rotatable bonds is 7. The molecule has 2 aliphatic rings. The molecule has 1 atom stereocenters. The Bertz CT molecular complexity index is 1330. The first-order chi connectivity index (χ1) is 16.3. The van der Waals surface area contributed by atoms with Crippen LogP contribution in [0.25, 0.3) is 11.3 Å². The summed E-state index contributed by atoms with van der Waals surface area (Å²) in [7, 11) is -3.71. The molecule has 0 radical (unpaired) electrons. The van der Waals surface area contributed by atoms with Crippen molar-refractivity contribution < 1.29 is 22.5 Å². The molecular formula is C25H25N3O5S. The molecular weight excluding hydrogens is 454 g/mol. The number of nitrogens with one attached hydrogen (secondary N) is 1. The number of fused-ring (bicyclic) bond motifs is 1. The van der Waals surface area contributed by atoms with Crippen molar-refractivity contribution in [3.05, 3.63) is 60.3 Å². The minimum Gasteiger partial charge on any atom is -0.356 e. The Morgan fingerprint density at radius 2 is 1.91 bits per heavy atom. The maximum Gasteiger partial charge on any atom is 0.230 e. The van der Waals surface area contributed by atoms with Gasteiger partial charge in [-0.2, -0.15) is 0 Å². The second kappa shape index (κ2) is 8.72. The number of aromatic nitrogens is 1. The number of hydrogen-bond donors (Lipinski definition) is 1. The fourth-order valence-corrected chi connectivity index (χ4v) is 5.63. The third-order valence-electron chi connectivity index (χ3n) is 6.36. The normalized spacial score (nSPS) is 16.2. The molecule has 3 aromatic rings. The summed E-state index contributed by atoms with van der Waals surface area (Å²) >= 11 is 0. The van der Waals surface area contributed by atoms with Gasteiger partial charge in [-0.25, -0.2) is 8.42 Å². The second-order valence-electron chi connectivity index (χ2n) is 8.87. The van der Waals surface area contributed by atoms with E-state index in [0.717, 1.165) is 29.7 Å². The standard InChI is InChI=1S/C25H25N3O5S/c1-16(14-24(29)27-20-6-4-17(5-7-20)23-10-12-26-33-23)34(31,32)21-8-9-22-19(15-21)11-13-28(22)25(30)18-2-3-18/h4-10,12,15-16,18H,2-3,11,13-14H2,1H3,(H,27,29). The molecule has 1 aliphatic heterocycles. The molecule has 1 fully saturated rings. The van der Waals surface area contributed by atoms with Crippen LogP contribution >= 0.6 is 0 Å². The number of carbonyl (C=O) groups is 2. The topological polar surface area (TPSA) is 110 Å². The molecule has 34 heavy (non-hydrogen) atoms. The van der Waals surface area contributed by atoms with Crippen LogP contribution in [0.3, 0.4) is 0 Å². The van der Waals surface area contributed by atoms with Gasteiger partial charge in [0.15, 0.2) is 15.6 Å². The molecule has 2 aromatic carbocycles. The monoisotopic (exact) mass is 479 g/mol. The van der Waals surface area contributed by atoms with Crippen molar-refractivity contribution in [1.82, 2.24) is 5.16 Å². The van der Waals surface area contributed by atoms with Gasteiger partial charge in [-0.3, -0.25) is 9.59 Å². The molecule has 1 unspecified atom stereocenters. The molecule has 1 aromatic heterocycles. The van der Waals surface area contributed by atoms with Crippen LogP contribution in [-0.4, -0.2) is 37.2 Å². The van der Waals surface area contributed by atoms with E-state index < -0.39 is 15.1 Å². The number of anilines is 2. The fourth-order valence-electron chi connectivity index (χ4n) is 4.23. The second-order valence-corrected chi connectivity index (χ2v) is 11.2. The summed E-state index contributed by atoms with van der Waals surface area (Å²) in [6.07, 6.45) is 3.88. The number of carbonyl (C=O) groups excluding carboxylic acids is 2. The van der Waals surface area contributed by atoms with Gasteiger partial charge in [0.2, 0.25) is 11.8 Å². The van der Waals surface area contributed by atoms with Gasteiger partial charge in [0.05, 0.1) is 16.3 Å². The highest BCUT2D eigenvalue weighted by molar-refractivity contribution is 7.92. The van der Waals surface area contributed by atoms with E-state index in [9.17, 15) is 18.0 Å². The van der Waals surface area contributed by atoms with Gasteiger partial charge in [-0.15, -0.1) is 0 Å². The highest BCUT2D eigenvalue weighted by Gasteiger charge is 2.37. The molecule has 0 saturated heterocycles. The Hall–Kier alpha value is -3.46. The van der Waals surface area contributed by atoms with Gasteiger partial charge in [0, 0.05) is 41.9 Å². The van der Waals surface area contributed by atoms with Crippen LogP contribution in [-0.2, 0) is 25.8 Å². The number of amides is 2. The third-order valence-corrected chi connectivity index (χ3v) is 8.50. The molecule has 5 rings (SSSR count). The third kappa shape index (κ3) is 4.35. The molecule has 2 heterocycles. The van der Waals surface area contributed by atoms with Gasteiger partial charge in [-0.05, 0) is 74.2 Å². The van der Waals surface area contributed by atoms with E-state index in [-0.39, 0.29) is 29.0 Å². The SMILES string of the molecule is CC(CC(=O)Nc1ccc(-c2ccno2)cc1)S(=O)(=O)c1ccc2c(c1)CCN2C(=O)C1CC1. The van der Waals surface area contributed by atoms with Gasteiger partial charge >= 0.3 is 0 Å². The maximum atomic E-state index is 13.2. The Morgan fingerprint density at radius 1 is 1.15 bits per heavy atom. The van der Waals surface area contributed by atoms with E-state index in [0.29, 0.717) is 24.4 Å². The highest BCUT2D eigenvalue weighted by Crippen LogP contribution is 2.37. The number of nitrogens with zero attached hydrogens (tertiary/aromatic N) is 2. The van der Waals surface area contributed by atoms with E-state index in [4.69, 9.17) is 4.52 Å². The summed E-state index contributed by atoms with van der Waals surface area (Å²) in [5.74, 6) is 0.484. The zero-order chi connectivity index (χ0) is 23.9. The molecule has 1 N–H and O–H groups in total. The lowest BCUT2D eigenvalue weighted by molar-refractivity contribution is -0.119. The molecule has 176 valence electrons. The summed E-state index contributed by atoms with van der Waals surface area (Å²) in [4.78, 5) is 27.0. The van der Waals surface area contributed by atoms with Crippen molar-refractivity contribution >= 4 is 33.0 Å². The zero-order valence-corrected chi connectivity index (χ0v) is 19.5. The molecule has 1 saturated carbocycles. The van der Waals surface area contributed by atoms with E-state index >= 15 is 0 Å². The number of benzene rings is 2.